The molecule has 4 aliphatic rings. The van der Waals surface area contributed by atoms with Gasteiger partial charge in [0.15, 0.2) is 0 Å². The molecule has 0 N–H and O–H groups in total. The summed E-state index contributed by atoms with van der Waals surface area (Å²) in [6, 6.07) is 0. The summed E-state index contributed by atoms with van der Waals surface area (Å²) in [5.41, 5.74) is 0.754. The van der Waals surface area contributed by atoms with Gasteiger partial charge in [-0.05, 0) is 36.0 Å². The van der Waals surface area contributed by atoms with Crippen molar-refractivity contribution in [2.24, 2.45) is 35.0 Å². The van der Waals surface area contributed by atoms with Gasteiger partial charge in [-0.15, -0.1) is 0 Å². The standard InChI is InChI=1S/C12H18O/c1-2-3-7-10-5-13-6-12(10)9-4-8(9)11(7)12/h7-11H,2-6H2,1H3/t7-,8+,9-,10+,11-,12?/m1/s1. The first-order valence-corrected chi connectivity index (χ1v) is 5.97. The molecule has 72 valence electrons. The fourth-order valence-electron chi connectivity index (χ4n) is 5.19. The summed E-state index contributed by atoms with van der Waals surface area (Å²) < 4.78 is 5.73. The monoisotopic (exact) mass is 178 g/mol. The fourth-order valence-corrected chi connectivity index (χ4v) is 5.19. The first-order chi connectivity index (χ1) is 6.39. The first kappa shape index (κ1) is 7.28. The van der Waals surface area contributed by atoms with Crippen molar-refractivity contribution < 1.29 is 4.74 Å². The van der Waals surface area contributed by atoms with Gasteiger partial charge in [-0.25, -0.2) is 0 Å². The quantitative estimate of drug-likeness (QED) is 0.630. The van der Waals surface area contributed by atoms with Crippen LogP contribution >= 0.6 is 0 Å². The zero-order valence-corrected chi connectivity index (χ0v) is 8.33. The number of fused-ring (bicyclic) bond motifs is 2. The third kappa shape index (κ3) is 0.562. The molecule has 1 spiro atoms. The van der Waals surface area contributed by atoms with Gasteiger partial charge in [0.1, 0.15) is 0 Å². The van der Waals surface area contributed by atoms with Gasteiger partial charge in [-0.1, -0.05) is 19.8 Å². The van der Waals surface area contributed by atoms with Crippen LogP contribution in [0.5, 0.6) is 0 Å². The molecule has 4 fully saturated rings. The highest BCUT2D eigenvalue weighted by molar-refractivity contribution is 5.29. The molecular formula is C12H18O. The van der Waals surface area contributed by atoms with E-state index in [-0.39, 0.29) is 0 Å². The van der Waals surface area contributed by atoms with Crippen LogP contribution in [0.15, 0.2) is 0 Å². The van der Waals surface area contributed by atoms with E-state index in [0.29, 0.717) is 0 Å². The van der Waals surface area contributed by atoms with Gasteiger partial charge in [0.05, 0.1) is 13.2 Å². The molecule has 6 atom stereocenters. The lowest BCUT2D eigenvalue weighted by Crippen LogP contribution is -2.64. The largest absolute Gasteiger partial charge is 0.381 e. The Bertz CT molecular complexity index is 254. The Morgan fingerprint density at radius 3 is 3.15 bits per heavy atom. The van der Waals surface area contributed by atoms with E-state index in [2.05, 4.69) is 6.92 Å². The normalized spacial score (nSPS) is 65.8. The third-order valence-electron chi connectivity index (χ3n) is 5.55. The van der Waals surface area contributed by atoms with E-state index in [1.807, 2.05) is 0 Å². The molecular weight excluding hydrogens is 160 g/mol. The summed E-state index contributed by atoms with van der Waals surface area (Å²) in [6.45, 7) is 4.56. The van der Waals surface area contributed by atoms with Crippen molar-refractivity contribution in [3.05, 3.63) is 0 Å². The molecule has 3 saturated carbocycles. The van der Waals surface area contributed by atoms with Gasteiger partial charge < -0.3 is 4.74 Å². The van der Waals surface area contributed by atoms with Crippen molar-refractivity contribution in [2.75, 3.05) is 13.2 Å². The molecule has 0 amide bonds. The van der Waals surface area contributed by atoms with Gasteiger partial charge in [-0.3, -0.25) is 0 Å². The summed E-state index contributed by atoms with van der Waals surface area (Å²) in [6.07, 6.45) is 4.42. The first-order valence-electron chi connectivity index (χ1n) is 5.97. The molecule has 1 aliphatic heterocycles. The summed E-state index contributed by atoms with van der Waals surface area (Å²) in [4.78, 5) is 0. The van der Waals surface area contributed by atoms with Crippen LogP contribution in [0, 0.1) is 35.0 Å². The summed E-state index contributed by atoms with van der Waals surface area (Å²) in [5, 5.41) is 0. The number of hydrogen-bond acceptors (Lipinski definition) is 1. The van der Waals surface area contributed by atoms with Gasteiger partial charge >= 0.3 is 0 Å². The Kier molecular flexibility index (Phi) is 1.11. The summed E-state index contributed by atoms with van der Waals surface area (Å²) in [7, 11) is 0. The molecule has 0 bridgehead atoms. The van der Waals surface area contributed by atoms with Crippen LogP contribution in [0.2, 0.25) is 0 Å². The Balaban J connectivity index is 1.64. The molecule has 0 aromatic rings. The van der Waals surface area contributed by atoms with Crippen LogP contribution in [0.25, 0.3) is 0 Å². The maximum absolute atomic E-state index is 5.73. The molecule has 1 heterocycles. The highest BCUT2D eigenvalue weighted by Crippen LogP contribution is 2.85. The SMILES string of the molecule is CCC[C@H]1[C@@H]2[C@H]3C[C@H]3C23COC[C@@H]13. The maximum Gasteiger partial charge on any atom is 0.0531 e. The minimum absolute atomic E-state index is 0.754. The van der Waals surface area contributed by atoms with Gasteiger partial charge in [-0.2, -0.15) is 0 Å². The van der Waals surface area contributed by atoms with Crippen molar-refractivity contribution in [1.29, 1.82) is 0 Å². The lowest BCUT2D eigenvalue weighted by Gasteiger charge is -2.65. The van der Waals surface area contributed by atoms with Crippen LogP contribution < -0.4 is 0 Å². The topological polar surface area (TPSA) is 9.23 Å². The van der Waals surface area contributed by atoms with Crippen LogP contribution in [0.4, 0.5) is 0 Å². The molecule has 13 heavy (non-hydrogen) atoms. The van der Waals surface area contributed by atoms with Crippen LogP contribution in [-0.2, 0) is 4.74 Å². The number of rotatable bonds is 2. The summed E-state index contributed by atoms with van der Waals surface area (Å²) >= 11 is 0. The molecule has 0 aromatic carbocycles. The minimum Gasteiger partial charge on any atom is -0.381 e. The zero-order chi connectivity index (χ0) is 8.63. The average molecular weight is 178 g/mol. The van der Waals surface area contributed by atoms with Crippen molar-refractivity contribution in [1.82, 2.24) is 0 Å². The maximum atomic E-state index is 5.73. The smallest absolute Gasteiger partial charge is 0.0531 e. The van der Waals surface area contributed by atoms with Gasteiger partial charge in [0, 0.05) is 5.41 Å². The molecule has 1 unspecified atom stereocenters. The highest BCUT2D eigenvalue weighted by Gasteiger charge is 2.83. The van der Waals surface area contributed by atoms with E-state index in [0.717, 1.165) is 48.2 Å². The van der Waals surface area contributed by atoms with Crippen LogP contribution in [-0.4, -0.2) is 13.2 Å². The Hall–Kier alpha value is -0.0400. The predicted octanol–water partition coefficient (Wildman–Crippen LogP) is 2.32. The zero-order valence-electron chi connectivity index (χ0n) is 8.33. The Labute approximate surface area is 79.8 Å². The van der Waals surface area contributed by atoms with E-state index in [4.69, 9.17) is 4.74 Å². The number of ether oxygens (including phenoxy) is 1. The highest BCUT2D eigenvalue weighted by atomic mass is 16.5. The van der Waals surface area contributed by atoms with E-state index >= 15 is 0 Å². The molecule has 4 rings (SSSR count). The van der Waals surface area contributed by atoms with E-state index < -0.39 is 0 Å². The lowest BCUT2D eigenvalue weighted by atomic mass is 9.38. The molecule has 0 aromatic heterocycles. The van der Waals surface area contributed by atoms with Gasteiger partial charge in [0.2, 0.25) is 0 Å². The molecule has 1 nitrogen and oxygen atoms in total. The fraction of sp³-hybridized carbons (Fsp3) is 1.00. The van der Waals surface area contributed by atoms with E-state index in [1.165, 1.54) is 12.8 Å². The molecule has 3 aliphatic carbocycles. The molecule has 1 saturated heterocycles. The predicted molar refractivity (Wildman–Crippen MR) is 50.2 cm³/mol. The Morgan fingerprint density at radius 2 is 2.31 bits per heavy atom. The van der Waals surface area contributed by atoms with Crippen LogP contribution in [0.3, 0.4) is 0 Å². The summed E-state index contributed by atoms with van der Waals surface area (Å²) in [5.74, 6) is 5.45. The molecule has 0 radical (unpaired) electrons. The van der Waals surface area contributed by atoms with Gasteiger partial charge in [0.25, 0.3) is 0 Å². The van der Waals surface area contributed by atoms with Crippen molar-refractivity contribution in [3.8, 4) is 0 Å². The van der Waals surface area contributed by atoms with Crippen LogP contribution in [0.1, 0.15) is 26.2 Å². The second kappa shape index (κ2) is 1.98. The van der Waals surface area contributed by atoms with Crippen molar-refractivity contribution >= 4 is 0 Å². The van der Waals surface area contributed by atoms with Crippen molar-refractivity contribution in [2.45, 2.75) is 26.2 Å². The second-order valence-electron chi connectivity index (χ2n) is 5.72. The lowest BCUT2D eigenvalue weighted by molar-refractivity contribution is -0.184. The average Bonchev–Trinajstić information content (AvgIpc) is 2.71. The number of hydrogen-bond donors (Lipinski definition) is 0. The third-order valence-corrected chi connectivity index (χ3v) is 5.55. The van der Waals surface area contributed by atoms with E-state index in [1.54, 1.807) is 6.42 Å². The van der Waals surface area contributed by atoms with Crippen molar-refractivity contribution in [3.63, 3.8) is 0 Å². The minimum atomic E-state index is 0.754. The van der Waals surface area contributed by atoms with E-state index in [9.17, 15) is 0 Å². The second-order valence-corrected chi connectivity index (χ2v) is 5.72. The molecule has 1 heteroatoms. The Morgan fingerprint density at radius 1 is 1.38 bits per heavy atom.